The minimum absolute atomic E-state index is 0.250. The third-order valence-electron chi connectivity index (χ3n) is 0.204. The molecule has 0 saturated carbocycles. The number of aliphatic hydroxyl groups excluding tert-OH is 1. The zero-order valence-electron chi connectivity index (χ0n) is 3.98. The van der Waals surface area contributed by atoms with Crippen LogP contribution in [0.25, 0.3) is 0 Å². The van der Waals surface area contributed by atoms with E-state index in [9.17, 15) is 0 Å². The topological polar surface area (TPSA) is 32.8 Å². The van der Waals surface area contributed by atoms with Gasteiger partial charge in [-0.25, -0.2) is 0 Å². The molecule has 1 heterocycles. The standard InChI is InChI=1S/C2H4O.C2H6O/c1-2-3-1;1-2-3/h1-2H2;3H,2H2,1H3. The van der Waals surface area contributed by atoms with E-state index in [4.69, 9.17) is 5.11 Å². The van der Waals surface area contributed by atoms with Crippen LogP contribution in [0, 0.1) is 0 Å². The summed E-state index contributed by atoms with van der Waals surface area (Å²) in [6, 6.07) is 0. The van der Waals surface area contributed by atoms with Crippen LogP contribution < -0.4 is 0 Å². The van der Waals surface area contributed by atoms with E-state index in [1.54, 1.807) is 6.92 Å². The molecule has 1 rings (SSSR count). The van der Waals surface area contributed by atoms with E-state index in [0.29, 0.717) is 0 Å². The maximum Gasteiger partial charge on any atom is 0.0701 e. The van der Waals surface area contributed by atoms with Crippen LogP contribution in [0.2, 0.25) is 0 Å². The van der Waals surface area contributed by atoms with E-state index < -0.39 is 0 Å². The molecule has 0 amide bonds. The van der Waals surface area contributed by atoms with Crippen LogP contribution in [-0.2, 0) is 4.74 Å². The Morgan fingerprint density at radius 2 is 1.83 bits per heavy atom. The van der Waals surface area contributed by atoms with Crippen LogP contribution in [0.5, 0.6) is 0 Å². The first kappa shape index (κ1) is 5.92. The lowest BCUT2D eigenvalue weighted by Gasteiger charge is -1.52. The summed E-state index contributed by atoms with van der Waals surface area (Å²) in [5, 5.41) is 7.57. The van der Waals surface area contributed by atoms with E-state index >= 15 is 0 Å². The van der Waals surface area contributed by atoms with Crippen molar-refractivity contribution < 1.29 is 9.84 Å². The van der Waals surface area contributed by atoms with E-state index in [0.717, 1.165) is 13.2 Å². The lowest BCUT2D eigenvalue weighted by Crippen LogP contribution is -1.57. The molecule has 0 bridgehead atoms. The van der Waals surface area contributed by atoms with Crippen molar-refractivity contribution in [2.75, 3.05) is 19.8 Å². The normalized spacial score (nSPS) is 15.0. The smallest absolute Gasteiger partial charge is 0.0701 e. The van der Waals surface area contributed by atoms with Crippen molar-refractivity contribution in [3.8, 4) is 0 Å². The van der Waals surface area contributed by atoms with Gasteiger partial charge in [0.1, 0.15) is 0 Å². The van der Waals surface area contributed by atoms with Crippen LogP contribution in [0.15, 0.2) is 0 Å². The van der Waals surface area contributed by atoms with Crippen molar-refractivity contribution in [2.45, 2.75) is 6.92 Å². The summed E-state index contributed by atoms with van der Waals surface area (Å²) in [6.07, 6.45) is 0. The van der Waals surface area contributed by atoms with Crippen molar-refractivity contribution in [1.82, 2.24) is 0 Å². The van der Waals surface area contributed by atoms with Crippen molar-refractivity contribution in [3.05, 3.63) is 0 Å². The number of hydrogen-bond acceptors (Lipinski definition) is 2. The number of ether oxygens (including phenoxy) is 1. The van der Waals surface area contributed by atoms with Gasteiger partial charge in [0.25, 0.3) is 0 Å². The van der Waals surface area contributed by atoms with Gasteiger partial charge in [-0.05, 0) is 6.92 Å². The Bertz CT molecular complexity index is 16.8. The molecule has 0 aromatic heterocycles. The quantitative estimate of drug-likeness (QED) is 0.425. The van der Waals surface area contributed by atoms with Gasteiger partial charge in [0.05, 0.1) is 13.2 Å². The van der Waals surface area contributed by atoms with Gasteiger partial charge in [-0.15, -0.1) is 0 Å². The second-order valence-electron chi connectivity index (χ2n) is 0.929. The third kappa shape index (κ3) is 39.5. The van der Waals surface area contributed by atoms with E-state index in [-0.39, 0.29) is 6.61 Å². The van der Waals surface area contributed by atoms with Crippen molar-refractivity contribution in [3.63, 3.8) is 0 Å². The van der Waals surface area contributed by atoms with Gasteiger partial charge >= 0.3 is 0 Å². The Balaban J connectivity index is 0.0000000833. The monoisotopic (exact) mass is 90.1 g/mol. The van der Waals surface area contributed by atoms with Crippen molar-refractivity contribution in [1.29, 1.82) is 0 Å². The zero-order chi connectivity index (χ0) is 4.83. The van der Waals surface area contributed by atoms with Crippen LogP contribution >= 0.6 is 0 Å². The molecule has 1 aliphatic heterocycles. The van der Waals surface area contributed by atoms with Crippen LogP contribution in [0.1, 0.15) is 6.92 Å². The van der Waals surface area contributed by atoms with Gasteiger partial charge < -0.3 is 9.84 Å². The minimum Gasteiger partial charge on any atom is -0.397 e. The fraction of sp³-hybridized carbons (Fsp3) is 1.00. The molecule has 0 atom stereocenters. The highest BCUT2D eigenvalue weighted by molar-refractivity contribution is 4.36. The Kier molecular flexibility index (Phi) is 4.85. The number of epoxide rings is 1. The molecule has 0 aromatic rings. The minimum atomic E-state index is 0.250. The molecule has 0 spiro atoms. The van der Waals surface area contributed by atoms with Gasteiger partial charge in [0.2, 0.25) is 0 Å². The Morgan fingerprint density at radius 1 is 1.67 bits per heavy atom. The molecule has 6 heavy (non-hydrogen) atoms. The summed E-state index contributed by atoms with van der Waals surface area (Å²) in [5.74, 6) is 0. The second-order valence-corrected chi connectivity index (χ2v) is 0.929. The van der Waals surface area contributed by atoms with Crippen LogP contribution in [0.3, 0.4) is 0 Å². The molecule has 1 N–H and O–H groups in total. The average Bonchev–Trinajstić information content (AvgIpc) is 2.11. The fourth-order valence-corrected chi connectivity index (χ4v) is 0. The molecule has 1 fully saturated rings. The average molecular weight is 90.1 g/mol. The van der Waals surface area contributed by atoms with E-state index in [2.05, 4.69) is 4.74 Å². The molecule has 1 saturated heterocycles. The molecule has 0 aliphatic carbocycles. The summed E-state index contributed by atoms with van der Waals surface area (Å²) in [6.45, 7) is 3.93. The highest BCUT2D eigenvalue weighted by Crippen LogP contribution is 1.84. The SMILES string of the molecule is C1CO1.CCO. The highest BCUT2D eigenvalue weighted by atomic mass is 16.6. The first-order valence-corrected chi connectivity index (χ1v) is 2.10. The Hall–Kier alpha value is -0.0800. The van der Waals surface area contributed by atoms with E-state index in [1.165, 1.54) is 0 Å². The molecular weight excluding hydrogens is 80.0 g/mol. The summed E-state index contributed by atoms with van der Waals surface area (Å²) < 4.78 is 4.50. The largest absolute Gasteiger partial charge is 0.397 e. The predicted molar refractivity (Wildman–Crippen MR) is 23.6 cm³/mol. The van der Waals surface area contributed by atoms with Crippen molar-refractivity contribution in [2.24, 2.45) is 0 Å². The van der Waals surface area contributed by atoms with Gasteiger partial charge in [-0.2, -0.15) is 0 Å². The van der Waals surface area contributed by atoms with Crippen LogP contribution in [-0.4, -0.2) is 24.9 Å². The molecule has 0 aromatic carbocycles. The molecular formula is C4H10O2. The summed E-state index contributed by atoms with van der Waals surface area (Å²) in [5.41, 5.74) is 0. The maximum atomic E-state index is 7.57. The van der Waals surface area contributed by atoms with Crippen LogP contribution in [0.4, 0.5) is 0 Å². The molecule has 38 valence electrons. The van der Waals surface area contributed by atoms with Gasteiger partial charge in [-0.3, -0.25) is 0 Å². The van der Waals surface area contributed by atoms with Gasteiger partial charge in [0, 0.05) is 6.61 Å². The maximum absolute atomic E-state index is 7.57. The summed E-state index contributed by atoms with van der Waals surface area (Å²) in [4.78, 5) is 0. The molecule has 1 aliphatic rings. The number of aliphatic hydroxyl groups is 1. The van der Waals surface area contributed by atoms with Gasteiger partial charge in [0.15, 0.2) is 0 Å². The molecule has 0 radical (unpaired) electrons. The second kappa shape index (κ2) is 4.92. The van der Waals surface area contributed by atoms with E-state index in [1.807, 2.05) is 0 Å². The lowest BCUT2D eigenvalue weighted by molar-refractivity contribution is 0.318. The summed E-state index contributed by atoms with van der Waals surface area (Å²) in [7, 11) is 0. The zero-order valence-corrected chi connectivity index (χ0v) is 3.98. The highest BCUT2D eigenvalue weighted by Gasteiger charge is 1.94. The third-order valence-corrected chi connectivity index (χ3v) is 0.204. The fourth-order valence-electron chi connectivity index (χ4n) is 0. The number of rotatable bonds is 0. The Labute approximate surface area is 37.7 Å². The van der Waals surface area contributed by atoms with Crippen molar-refractivity contribution >= 4 is 0 Å². The number of hydrogen-bond donors (Lipinski definition) is 1. The predicted octanol–water partition coefficient (Wildman–Crippen LogP) is 0.0152. The van der Waals surface area contributed by atoms with Gasteiger partial charge in [-0.1, -0.05) is 0 Å². The first-order chi connectivity index (χ1) is 2.91. The molecule has 2 heteroatoms. The Morgan fingerprint density at radius 3 is 1.83 bits per heavy atom. The molecule has 0 unspecified atom stereocenters. The first-order valence-electron chi connectivity index (χ1n) is 2.10. The summed E-state index contributed by atoms with van der Waals surface area (Å²) >= 11 is 0. The lowest BCUT2D eigenvalue weighted by atomic mass is 10.9. The molecule has 2 nitrogen and oxygen atoms in total.